The number of ether oxygens (including phenoxy) is 5. The van der Waals surface area contributed by atoms with E-state index in [1.54, 1.807) is 42.1 Å². The molecule has 0 saturated heterocycles. The third-order valence-electron chi connectivity index (χ3n) is 8.62. The smallest absolute Gasteiger partial charge is 0.274 e. The monoisotopic (exact) mass is 705 g/mol. The Morgan fingerprint density at radius 2 is 1.74 bits per heavy atom. The molecule has 0 aliphatic carbocycles. The first-order valence-corrected chi connectivity index (χ1v) is 16.9. The van der Waals surface area contributed by atoms with Gasteiger partial charge >= 0.3 is 0 Å². The summed E-state index contributed by atoms with van der Waals surface area (Å²) in [5.41, 5.74) is 3.66. The zero-order valence-electron chi connectivity index (χ0n) is 28.0. The summed E-state index contributed by atoms with van der Waals surface area (Å²) < 4.78 is 28.5. The standard InChI is InChI=1S/C36H40ClN5O8/c1-46-10-11-49-14-15-50-13-12-48-9-8-41-22-29(39-40-41)32(44)17-23-6-7-27-24(16-23)18-28(38-27)36(45)42-21-25(20-37)34-30(42)19-31(43)26-4-3-5-33(47-2)35(26)34/h3-7,16,18-19,22,25,38,43H,8-15,17,20-21H2,1-2H3/t25-/m1/s1. The average Bonchev–Trinajstić information content (AvgIpc) is 3.87. The minimum absolute atomic E-state index is 0.0578. The molecule has 1 aliphatic rings. The predicted octanol–water partition coefficient (Wildman–Crippen LogP) is 4.73. The number of methoxy groups -OCH3 is 2. The van der Waals surface area contributed by atoms with Crippen LogP contribution in [0.4, 0.5) is 5.69 Å². The summed E-state index contributed by atoms with van der Waals surface area (Å²) in [4.78, 5) is 31.9. The maximum absolute atomic E-state index is 13.9. The fourth-order valence-corrected chi connectivity index (χ4v) is 6.43. The van der Waals surface area contributed by atoms with Gasteiger partial charge in [-0.3, -0.25) is 9.59 Å². The Morgan fingerprint density at radius 1 is 0.980 bits per heavy atom. The molecule has 1 aliphatic heterocycles. The van der Waals surface area contributed by atoms with Crippen molar-refractivity contribution in [2.75, 3.05) is 77.8 Å². The van der Waals surface area contributed by atoms with E-state index < -0.39 is 0 Å². The molecule has 50 heavy (non-hydrogen) atoms. The summed E-state index contributed by atoms with van der Waals surface area (Å²) in [6.07, 6.45) is 1.74. The van der Waals surface area contributed by atoms with Gasteiger partial charge < -0.3 is 38.7 Å². The van der Waals surface area contributed by atoms with E-state index in [0.717, 1.165) is 27.4 Å². The molecular weight excluding hydrogens is 666 g/mol. The first-order chi connectivity index (χ1) is 24.4. The minimum Gasteiger partial charge on any atom is -0.507 e. The maximum atomic E-state index is 13.9. The molecular formula is C36H40ClN5O8. The molecule has 5 aromatic rings. The van der Waals surface area contributed by atoms with Gasteiger partial charge in [-0.1, -0.05) is 23.4 Å². The number of nitrogens with zero attached hydrogens (tertiary/aromatic N) is 4. The van der Waals surface area contributed by atoms with E-state index in [4.69, 9.17) is 35.3 Å². The molecule has 2 N–H and O–H groups in total. The molecule has 264 valence electrons. The molecule has 3 heterocycles. The second-order valence-electron chi connectivity index (χ2n) is 11.9. The number of aromatic hydroxyl groups is 1. The second kappa shape index (κ2) is 16.5. The van der Waals surface area contributed by atoms with Crippen LogP contribution >= 0.6 is 11.6 Å². The molecule has 1 atom stereocenters. The van der Waals surface area contributed by atoms with Crippen molar-refractivity contribution in [2.24, 2.45) is 0 Å². The summed E-state index contributed by atoms with van der Waals surface area (Å²) in [5.74, 6) is 0.387. The highest BCUT2D eigenvalue weighted by Crippen LogP contribution is 2.48. The lowest BCUT2D eigenvalue weighted by atomic mass is 9.94. The zero-order valence-corrected chi connectivity index (χ0v) is 28.8. The molecule has 0 spiro atoms. The molecule has 0 radical (unpaired) electrons. The fourth-order valence-electron chi connectivity index (χ4n) is 6.18. The number of Topliss-reactive ketones (excluding diaryl/α,β-unsaturated/α-hetero) is 1. The second-order valence-corrected chi connectivity index (χ2v) is 12.2. The molecule has 0 bridgehead atoms. The van der Waals surface area contributed by atoms with E-state index in [1.807, 2.05) is 36.4 Å². The highest BCUT2D eigenvalue weighted by molar-refractivity contribution is 6.19. The van der Waals surface area contributed by atoms with Crippen molar-refractivity contribution < 1.29 is 38.4 Å². The van der Waals surface area contributed by atoms with Crippen LogP contribution in [0.25, 0.3) is 21.7 Å². The summed E-state index contributed by atoms with van der Waals surface area (Å²) in [7, 11) is 3.21. The van der Waals surface area contributed by atoms with Crippen molar-refractivity contribution in [1.82, 2.24) is 20.0 Å². The number of hydrogen-bond donors (Lipinski definition) is 2. The number of phenolic OH excluding ortho intramolecular Hbond substituents is 1. The van der Waals surface area contributed by atoms with Crippen LogP contribution in [0.5, 0.6) is 11.5 Å². The number of fused-ring (bicyclic) bond motifs is 4. The molecule has 1 amide bonds. The summed E-state index contributed by atoms with van der Waals surface area (Å²) in [5, 5.41) is 21.2. The first-order valence-electron chi connectivity index (χ1n) is 16.4. The van der Waals surface area contributed by atoms with Gasteiger partial charge in [-0.05, 0) is 35.4 Å². The summed E-state index contributed by atoms with van der Waals surface area (Å²) in [6, 6.07) is 14.5. The van der Waals surface area contributed by atoms with Gasteiger partial charge in [-0.25, -0.2) is 4.68 Å². The van der Waals surface area contributed by atoms with Gasteiger partial charge in [0.25, 0.3) is 5.91 Å². The van der Waals surface area contributed by atoms with Crippen molar-refractivity contribution in [1.29, 1.82) is 0 Å². The van der Waals surface area contributed by atoms with E-state index in [9.17, 15) is 14.7 Å². The van der Waals surface area contributed by atoms with Gasteiger partial charge in [0.2, 0.25) is 0 Å². The van der Waals surface area contributed by atoms with Gasteiger partial charge in [-0.2, -0.15) is 0 Å². The van der Waals surface area contributed by atoms with Crippen LogP contribution in [-0.4, -0.2) is 110 Å². The molecule has 3 aromatic carbocycles. The van der Waals surface area contributed by atoms with E-state index in [2.05, 4.69) is 15.3 Å². The van der Waals surface area contributed by atoms with Gasteiger partial charge in [0.1, 0.15) is 22.9 Å². The molecule has 13 nitrogen and oxygen atoms in total. The van der Waals surface area contributed by atoms with Crippen molar-refractivity contribution in [3.63, 3.8) is 0 Å². The van der Waals surface area contributed by atoms with Gasteiger partial charge in [-0.15, -0.1) is 16.7 Å². The quantitative estimate of drug-likeness (QED) is 0.0744. The number of rotatable bonds is 18. The number of ketones is 1. The number of benzene rings is 3. The van der Waals surface area contributed by atoms with Crippen LogP contribution in [0, 0.1) is 0 Å². The lowest BCUT2D eigenvalue weighted by Gasteiger charge is -2.18. The highest BCUT2D eigenvalue weighted by Gasteiger charge is 2.36. The number of amides is 1. The maximum Gasteiger partial charge on any atom is 0.274 e. The molecule has 6 rings (SSSR count). The van der Waals surface area contributed by atoms with Crippen molar-refractivity contribution in [3.8, 4) is 11.5 Å². The van der Waals surface area contributed by atoms with Gasteiger partial charge in [0, 0.05) is 59.6 Å². The normalized spacial score (nSPS) is 14.1. The Bertz CT molecular complexity index is 1960. The Labute approximate surface area is 293 Å². The van der Waals surface area contributed by atoms with Crippen molar-refractivity contribution >= 4 is 50.7 Å². The molecule has 0 saturated carbocycles. The SMILES string of the molecule is COCCOCCOCCOCCn1cc(C(=O)Cc2ccc3[nH]c(C(=O)N4C[C@@H](CCl)c5c4cc(O)c4cccc(OC)c54)cc3c2)nn1. The Kier molecular flexibility index (Phi) is 11.6. The third kappa shape index (κ3) is 7.77. The van der Waals surface area contributed by atoms with E-state index in [0.29, 0.717) is 87.7 Å². The van der Waals surface area contributed by atoms with Crippen molar-refractivity contribution in [3.05, 3.63) is 77.2 Å². The number of aromatic amines is 1. The molecule has 14 heteroatoms. The molecule has 2 aromatic heterocycles. The topological polar surface area (TPSA) is 150 Å². The van der Waals surface area contributed by atoms with Crippen LogP contribution in [0.1, 0.15) is 38.0 Å². The third-order valence-corrected chi connectivity index (χ3v) is 8.99. The van der Waals surface area contributed by atoms with Crippen LogP contribution in [0.2, 0.25) is 0 Å². The zero-order chi connectivity index (χ0) is 35.0. The number of carbonyl (C=O) groups is 2. The van der Waals surface area contributed by atoms with Crippen LogP contribution < -0.4 is 9.64 Å². The van der Waals surface area contributed by atoms with Crippen molar-refractivity contribution in [2.45, 2.75) is 18.9 Å². The van der Waals surface area contributed by atoms with Crippen LogP contribution in [0.15, 0.2) is 54.7 Å². The van der Waals surface area contributed by atoms with Gasteiger partial charge in [0.05, 0.1) is 71.8 Å². The Hall–Kier alpha value is -4.53. The number of halogens is 1. The Balaban J connectivity index is 1.06. The number of H-pyrrole nitrogens is 1. The van der Waals surface area contributed by atoms with Gasteiger partial charge in [0.15, 0.2) is 5.78 Å². The largest absolute Gasteiger partial charge is 0.507 e. The summed E-state index contributed by atoms with van der Waals surface area (Å²) >= 11 is 6.42. The number of alkyl halides is 1. The molecule has 0 unspecified atom stereocenters. The van der Waals surface area contributed by atoms with Crippen LogP contribution in [0.3, 0.4) is 0 Å². The highest BCUT2D eigenvalue weighted by atomic mass is 35.5. The minimum atomic E-state index is -0.252. The number of carbonyl (C=O) groups excluding carboxylic acids is 2. The number of nitrogens with one attached hydrogen (secondary N) is 1. The summed E-state index contributed by atoms with van der Waals surface area (Å²) in [6.45, 7) is 4.18. The number of hydrogen-bond acceptors (Lipinski definition) is 10. The lowest BCUT2D eigenvalue weighted by Crippen LogP contribution is -2.30. The first kappa shape index (κ1) is 35.3. The number of anilines is 1. The van der Waals surface area contributed by atoms with E-state index in [-0.39, 0.29) is 35.5 Å². The predicted molar refractivity (Wildman–Crippen MR) is 188 cm³/mol. The Morgan fingerprint density at radius 3 is 2.48 bits per heavy atom. The number of phenols is 1. The van der Waals surface area contributed by atoms with Crippen LogP contribution in [-0.2, 0) is 31.9 Å². The number of aromatic nitrogens is 4. The lowest BCUT2D eigenvalue weighted by molar-refractivity contribution is 0.00244. The molecule has 0 fully saturated rings. The average molecular weight is 706 g/mol. The fraction of sp³-hybridized carbons (Fsp3) is 0.389. The van der Waals surface area contributed by atoms with E-state index in [1.165, 1.54) is 0 Å². The van der Waals surface area contributed by atoms with E-state index >= 15 is 0 Å².